The summed E-state index contributed by atoms with van der Waals surface area (Å²) in [7, 11) is 0. The first-order valence-electron chi connectivity index (χ1n) is 6.49. The maximum absolute atomic E-state index is 11.9. The van der Waals surface area contributed by atoms with Crippen molar-refractivity contribution in [2.24, 2.45) is 5.41 Å². The summed E-state index contributed by atoms with van der Waals surface area (Å²) in [5, 5.41) is 12.5. The molecule has 0 aliphatic rings. The maximum Gasteiger partial charge on any atom is 0.311 e. The molecular formula is C15H20ClNO4. The molecule has 0 unspecified atom stereocenters. The highest BCUT2D eigenvalue weighted by atomic mass is 35.5. The zero-order chi connectivity index (χ0) is 16.3. The van der Waals surface area contributed by atoms with E-state index in [1.807, 2.05) is 0 Å². The molecule has 1 rings (SSSR count). The molecule has 5 nitrogen and oxygen atoms in total. The fourth-order valence-electron chi connectivity index (χ4n) is 1.49. The van der Waals surface area contributed by atoms with Gasteiger partial charge in [-0.1, -0.05) is 11.6 Å². The minimum absolute atomic E-state index is 0.194. The average Bonchev–Trinajstić information content (AvgIpc) is 2.37. The Balaban J connectivity index is 2.61. The van der Waals surface area contributed by atoms with Crippen LogP contribution in [0.5, 0.6) is 5.75 Å². The highest BCUT2D eigenvalue weighted by Gasteiger charge is 2.44. The van der Waals surface area contributed by atoms with Crippen molar-refractivity contribution >= 4 is 23.5 Å². The van der Waals surface area contributed by atoms with E-state index < -0.39 is 16.9 Å². The van der Waals surface area contributed by atoms with Crippen LogP contribution in [0.15, 0.2) is 24.3 Å². The van der Waals surface area contributed by atoms with Crippen molar-refractivity contribution in [1.82, 2.24) is 5.32 Å². The quantitative estimate of drug-likeness (QED) is 0.846. The molecule has 0 heterocycles. The first-order valence-corrected chi connectivity index (χ1v) is 6.87. The van der Waals surface area contributed by atoms with Crippen LogP contribution in [0.4, 0.5) is 0 Å². The van der Waals surface area contributed by atoms with Gasteiger partial charge in [0.2, 0.25) is 0 Å². The Morgan fingerprint density at radius 1 is 1.19 bits per heavy atom. The van der Waals surface area contributed by atoms with Gasteiger partial charge in [-0.2, -0.15) is 0 Å². The SMILES string of the molecule is CC(C)(NC(=O)COc1ccc(Cl)cc1)C(C)(C)C(=O)O. The molecule has 21 heavy (non-hydrogen) atoms. The van der Waals surface area contributed by atoms with Gasteiger partial charge in [-0.05, 0) is 52.0 Å². The summed E-state index contributed by atoms with van der Waals surface area (Å²) in [6.07, 6.45) is 0. The lowest BCUT2D eigenvalue weighted by Crippen LogP contribution is -2.57. The maximum atomic E-state index is 11.9. The van der Waals surface area contributed by atoms with Crippen LogP contribution in [0.3, 0.4) is 0 Å². The summed E-state index contributed by atoms with van der Waals surface area (Å²) in [6, 6.07) is 6.63. The Labute approximate surface area is 129 Å². The number of carboxylic acid groups (broad SMARTS) is 1. The second-order valence-electron chi connectivity index (χ2n) is 5.85. The lowest BCUT2D eigenvalue weighted by Gasteiger charge is -2.38. The first kappa shape index (κ1) is 17.3. The predicted octanol–water partition coefficient (Wildman–Crippen LogP) is 2.72. The minimum Gasteiger partial charge on any atom is -0.484 e. The number of halogens is 1. The van der Waals surface area contributed by atoms with Gasteiger partial charge in [-0.25, -0.2) is 0 Å². The van der Waals surface area contributed by atoms with Crippen LogP contribution in [-0.2, 0) is 9.59 Å². The molecule has 0 aliphatic carbocycles. The number of carboxylic acids is 1. The van der Waals surface area contributed by atoms with Gasteiger partial charge in [0.25, 0.3) is 5.91 Å². The van der Waals surface area contributed by atoms with E-state index in [4.69, 9.17) is 16.3 Å². The summed E-state index contributed by atoms with van der Waals surface area (Å²) in [5.41, 5.74) is -2.03. The van der Waals surface area contributed by atoms with E-state index in [0.717, 1.165) is 0 Å². The van der Waals surface area contributed by atoms with Crippen LogP contribution >= 0.6 is 11.6 Å². The van der Waals surface area contributed by atoms with Crippen molar-refractivity contribution in [2.45, 2.75) is 33.2 Å². The van der Waals surface area contributed by atoms with E-state index in [-0.39, 0.29) is 12.5 Å². The van der Waals surface area contributed by atoms with Crippen LogP contribution in [0.2, 0.25) is 5.02 Å². The van der Waals surface area contributed by atoms with E-state index in [9.17, 15) is 14.7 Å². The fraction of sp³-hybridized carbons (Fsp3) is 0.467. The molecule has 1 aromatic carbocycles. The zero-order valence-corrected chi connectivity index (χ0v) is 13.3. The molecule has 1 aromatic rings. The van der Waals surface area contributed by atoms with Crippen molar-refractivity contribution in [1.29, 1.82) is 0 Å². The molecule has 0 radical (unpaired) electrons. The Hall–Kier alpha value is -1.75. The number of hydrogen-bond donors (Lipinski definition) is 2. The van der Waals surface area contributed by atoms with Crippen molar-refractivity contribution in [3.8, 4) is 5.75 Å². The Morgan fingerprint density at radius 2 is 1.71 bits per heavy atom. The summed E-state index contributed by atoms with van der Waals surface area (Å²) in [6.45, 7) is 6.27. The Bertz CT molecular complexity index is 523. The summed E-state index contributed by atoms with van der Waals surface area (Å²) < 4.78 is 5.32. The number of hydrogen-bond acceptors (Lipinski definition) is 3. The second kappa shape index (κ2) is 6.35. The van der Waals surface area contributed by atoms with Crippen LogP contribution < -0.4 is 10.1 Å². The van der Waals surface area contributed by atoms with Crippen LogP contribution in [0, 0.1) is 5.41 Å². The monoisotopic (exact) mass is 313 g/mol. The van der Waals surface area contributed by atoms with Crippen molar-refractivity contribution in [3.63, 3.8) is 0 Å². The molecule has 2 N–H and O–H groups in total. The number of carbonyl (C=O) groups excluding carboxylic acids is 1. The molecule has 1 amide bonds. The number of carbonyl (C=O) groups is 2. The highest BCUT2D eigenvalue weighted by Crippen LogP contribution is 2.30. The number of ether oxygens (including phenoxy) is 1. The molecule has 0 saturated heterocycles. The molecule has 0 atom stereocenters. The van der Waals surface area contributed by atoms with E-state index >= 15 is 0 Å². The smallest absolute Gasteiger partial charge is 0.311 e. The van der Waals surface area contributed by atoms with Crippen LogP contribution in [0.25, 0.3) is 0 Å². The average molecular weight is 314 g/mol. The number of amides is 1. The lowest BCUT2D eigenvalue weighted by molar-refractivity contribution is -0.152. The summed E-state index contributed by atoms with van der Waals surface area (Å²) >= 11 is 5.75. The Morgan fingerprint density at radius 3 is 2.19 bits per heavy atom. The van der Waals surface area contributed by atoms with Crippen molar-refractivity contribution in [3.05, 3.63) is 29.3 Å². The largest absolute Gasteiger partial charge is 0.484 e. The number of benzene rings is 1. The molecule has 0 aromatic heterocycles. The molecule has 0 fully saturated rings. The molecule has 0 bridgehead atoms. The van der Waals surface area contributed by atoms with E-state index in [1.54, 1.807) is 52.0 Å². The van der Waals surface area contributed by atoms with Gasteiger partial charge in [0.15, 0.2) is 6.61 Å². The molecule has 0 saturated carbocycles. The standard InChI is InChI=1S/C15H20ClNO4/c1-14(2,13(19)20)15(3,4)17-12(18)9-21-11-7-5-10(16)6-8-11/h5-8H,9H2,1-4H3,(H,17,18)(H,19,20). The topological polar surface area (TPSA) is 75.6 Å². The second-order valence-corrected chi connectivity index (χ2v) is 6.28. The van der Waals surface area contributed by atoms with E-state index in [2.05, 4.69) is 5.32 Å². The van der Waals surface area contributed by atoms with Gasteiger partial charge in [-0.15, -0.1) is 0 Å². The Kier molecular flexibility index (Phi) is 5.23. The number of rotatable bonds is 6. The molecule has 116 valence electrons. The predicted molar refractivity (Wildman–Crippen MR) is 80.6 cm³/mol. The normalized spacial score (nSPS) is 11.9. The van der Waals surface area contributed by atoms with Gasteiger partial charge in [0.1, 0.15) is 5.75 Å². The van der Waals surface area contributed by atoms with Crippen LogP contribution in [-0.4, -0.2) is 29.1 Å². The molecule has 6 heteroatoms. The third-order valence-corrected chi connectivity index (χ3v) is 3.98. The summed E-state index contributed by atoms with van der Waals surface area (Å²) in [5.74, 6) is -0.847. The molecule has 0 spiro atoms. The zero-order valence-electron chi connectivity index (χ0n) is 12.6. The van der Waals surface area contributed by atoms with Gasteiger partial charge in [-0.3, -0.25) is 9.59 Å². The van der Waals surface area contributed by atoms with Gasteiger partial charge in [0.05, 0.1) is 11.0 Å². The summed E-state index contributed by atoms with van der Waals surface area (Å²) in [4.78, 5) is 23.2. The number of aliphatic carboxylic acids is 1. The minimum atomic E-state index is -1.11. The highest BCUT2D eigenvalue weighted by molar-refractivity contribution is 6.30. The lowest BCUT2D eigenvalue weighted by atomic mass is 9.74. The first-order chi connectivity index (χ1) is 9.56. The van der Waals surface area contributed by atoms with E-state index in [1.165, 1.54) is 0 Å². The van der Waals surface area contributed by atoms with Gasteiger partial charge in [0, 0.05) is 5.02 Å². The third kappa shape index (κ3) is 4.36. The van der Waals surface area contributed by atoms with Crippen molar-refractivity contribution in [2.75, 3.05) is 6.61 Å². The van der Waals surface area contributed by atoms with Crippen molar-refractivity contribution < 1.29 is 19.4 Å². The van der Waals surface area contributed by atoms with E-state index in [0.29, 0.717) is 10.8 Å². The van der Waals surface area contributed by atoms with Crippen LogP contribution in [0.1, 0.15) is 27.7 Å². The fourth-order valence-corrected chi connectivity index (χ4v) is 1.61. The van der Waals surface area contributed by atoms with Gasteiger partial charge < -0.3 is 15.2 Å². The molecule has 0 aliphatic heterocycles. The third-order valence-electron chi connectivity index (χ3n) is 3.73. The molecular weight excluding hydrogens is 294 g/mol. The van der Waals surface area contributed by atoms with Gasteiger partial charge >= 0.3 is 5.97 Å². The number of nitrogens with one attached hydrogen (secondary N) is 1.